The molecule has 0 N–H and O–H groups in total. The number of thiophene rings is 1. The van der Waals surface area contributed by atoms with Gasteiger partial charge < -0.3 is 4.90 Å². The van der Waals surface area contributed by atoms with Gasteiger partial charge in [-0.05, 0) is 41.3 Å². The molecule has 158 valence electrons. The molecule has 3 heterocycles. The minimum absolute atomic E-state index is 0.0689. The van der Waals surface area contributed by atoms with E-state index in [-0.39, 0.29) is 5.91 Å². The summed E-state index contributed by atoms with van der Waals surface area (Å²) in [6, 6.07) is 23.7. The zero-order valence-corrected chi connectivity index (χ0v) is 18.4. The number of piperazine rings is 1. The smallest absolute Gasteiger partial charge is 0.254 e. The van der Waals surface area contributed by atoms with Crippen LogP contribution in [0.4, 0.5) is 0 Å². The molecule has 0 saturated carbocycles. The Labute approximate surface area is 191 Å². The second-order valence-electron chi connectivity index (χ2n) is 7.93. The fourth-order valence-corrected chi connectivity index (χ4v) is 4.81. The molecule has 6 heteroatoms. The molecule has 0 bridgehead atoms. The Morgan fingerprint density at radius 2 is 1.78 bits per heavy atom. The van der Waals surface area contributed by atoms with Crippen LogP contribution in [0.2, 0.25) is 0 Å². The predicted octanol–water partition coefficient (Wildman–Crippen LogP) is 4.79. The van der Waals surface area contributed by atoms with E-state index in [1.54, 1.807) is 11.3 Å². The normalized spacial score (nSPS) is 14.4. The van der Waals surface area contributed by atoms with Crippen molar-refractivity contribution in [3.63, 3.8) is 0 Å². The summed E-state index contributed by atoms with van der Waals surface area (Å²) in [4.78, 5) is 23.7. The molecule has 1 aliphatic heterocycles. The molecular formula is C26H22N4OS. The average Bonchev–Trinajstić information content (AvgIpc) is 3.39. The van der Waals surface area contributed by atoms with Crippen molar-refractivity contribution in [1.82, 2.24) is 14.8 Å². The van der Waals surface area contributed by atoms with Crippen molar-refractivity contribution in [3.8, 4) is 16.6 Å². The predicted molar refractivity (Wildman–Crippen MR) is 127 cm³/mol. The Hall–Kier alpha value is -3.53. The summed E-state index contributed by atoms with van der Waals surface area (Å²) in [6.07, 6.45) is 0. The van der Waals surface area contributed by atoms with E-state index in [1.807, 2.05) is 77.0 Å². The van der Waals surface area contributed by atoms with Crippen LogP contribution in [0.25, 0.3) is 21.5 Å². The Morgan fingerprint density at radius 3 is 2.50 bits per heavy atom. The number of rotatable bonds is 4. The third-order valence-corrected chi connectivity index (χ3v) is 6.76. The zero-order chi connectivity index (χ0) is 21.9. The molecular weight excluding hydrogens is 416 g/mol. The third kappa shape index (κ3) is 4.13. The first kappa shape index (κ1) is 20.4. The molecule has 5 nitrogen and oxygen atoms in total. The number of amides is 1. The first-order chi connectivity index (χ1) is 15.7. The van der Waals surface area contributed by atoms with E-state index in [0.29, 0.717) is 18.7 Å². The molecule has 1 aliphatic rings. The summed E-state index contributed by atoms with van der Waals surface area (Å²) >= 11 is 1.63. The van der Waals surface area contributed by atoms with Crippen LogP contribution in [0.3, 0.4) is 0 Å². The van der Waals surface area contributed by atoms with E-state index in [1.165, 1.54) is 5.56 Å². The molecule has 2 aromatic heterocycles. The van der Waals surface area contributed by atoms with Crippen LogP contribution < -0.4 is 0 Å². The van der Waals surface area contributed by atoms with Crippen molar-refractivity contribution < 1.29 is 4.79 Å². The summed E-state index contributed by atoms with van der Waals surface area (Å²) in [6.45, 7) is 3.87. The third-order valence-electron chi connectivity index (χ3n) is 5.87. The number of benzene rings is 2. The van der Waals surface area contributed by atoms with Gasteiger partial charge >= 0.3 is 0 Å². The lowest BCUT2D eigenvalue weighted by atomic mass is 10.1. The maximum Gasteiger partial charge on any atom is 0.254 e. The van der Waals surface area contributed by atoms with Crippen LogP contribution in [-0.2, 0) is 6.54 Å². The molecule has 2 aromatic carbocycles. The first-order valence-electron chi connectivity index (χ1n) is 10.7. The molecule has 4 aromatic rings. The van der Waals surface area contributed by atoms with Crippen molar-refractivity contribution in [2.75, 3.05) is 26.2 Å². The summed E-state index contributed by atoms with van der Waals surface area (Å²) < 4.78 is 0. The molecule has 0 unspecified atom stereocenters. The van der Waals surface area contributed by atoms with Crippen LogP contribution in [-0.4, -0.2) is 46.9 Å². The highest BCUT2D eigenvalue weighted by molar-refractivity contribution is 7.13. The topological polar surface area (TPSA) is 60.2 Å². The van der Waals surface area contributed by atoms with Gasteiger partial charge in [-0.3, -0.25) is 9.69 Å². The SMILES string of the molecule is N#Cc1ccc(CN2CCN(C(=O)c3cc(-c4cccs4)nc4ccccc34)CC2)cc1. The number of hydrogen-bond acceptors (Lipinski definition) is 5. The van der Waals surface area contributed by atoms with Gasteiger partial charge in [0, 0.05) is 38.1 Å². The van der Waals surface area contributed by atoms with Gasteiger partial charge in [0.15, 0.2) is 0 Å². The van der Waals surface area contributed by atoms with Crippen molar-refractivity contribution in [2.24, 2.45) is 0 Å². The van der Waals surface area contributed by atoms with E-state index in [2.05, 4.69) is 11.0 Å². The number of nitrogens with zero attached hydrogens (tertiary/aromatic N) is 4. The summed E-state index contributed by atoms with van der Waals surface area (Å²) in [5.74, 6) is 0.0689. The van der Waals surface area contributed by atoms with Crippen LogP contribution in [0.15, 0.2) is 72.1 Å². The highest BCUT2D eigenvalue weighted by Gasteiger charge is 2.24. The highest BCUT2D eigenvalue weighted by Crippen LogP contribution is 2.28. The van der Waals surface area contributed by atoms with Gasteiger partial charge in [-0.2, -0.15) is 5.26 Å². The number of pyridine rings is 1. The second-order valence-corrected chi connectivity index (χ2v) is 8.87. The number of carbonyl (C=O) groups excluding carboxylic acids is 1. The molecule has 1 amide bonds. The van der Waals surface area contributed by atoms with Crippen molar-refractivity contribution in [1.29, 1.82) is 5.26 Å². The largest absolute Gasteiger partial charge is 0.336 e. The summed E-state index contributed by atoms with van der Waals surface area (Å²) in [5, 5.41) is 11.9. The molecule has 1 fully saturated rings. The maximum absolute atomic E-state index is 13.5. The minimum atomic E-state index is 0.0689. The standard InChI is InChI=1S/C26H22N4OS/c27-17-19-7-9-20(10-8-19)18-29-11-13-30(14-12-29)26(31)22-16-24(25-6-3-15-32-25)28-23-5-2-1-4-21(22)23/h1-10,15-16H,11-14,18H2. The number of hydrogen-bond donors (Lipinski definition) is 0. The average molecular weight is 439 g/mol. The van der Waals surface area contributed by atoms with Gasteiger partial charge in [0.25, 0.3) is 5.91 Å². The number of aromatic nitrogens is 1. The molecule has 0 spiro atoms. The number of carbonyl (C=O) groups is 1. The molecule has 0 radical (unpaired) electrons. The van der Waals surface area contributed by atoms with Crippen LogP contribution >= 0.6 is 11.3 Å². The van der Waals surface area contributed by atoms with E-state index in [0.717, 1.165) is 46.7 Å². The summed E-state index contributed by atoms with van der Waals surface area (Å²) in [5.41, 5.74) is 4.28. The Morgan fingerprint density at radius 1 is 1.00 bits per heavy atom. The van der Waals surface area contributed by atoms with Gasteiger partial charge in [-0.25, -0.2) is 4.98 Å². The lowest BCUT2D eigenvalue weighted by molar-refractivity contribution is 0.0630. The number of fused-ring (bicyclic) bond motifs is 1. The zero-order valence-electron chi connectivity index (χ0n) is 17.6. The van der Waals surface area contributed by atoms with Crippen molar-refractivity contribution >= 4 is 28.1 Å². The van der Waals surface area contributed by atoms with Crippen molar-refractivity contribution in [2.45, 2.75) is 6.54 Å². The summed E-state index contributed by atoms with van der Waals surface area (Å²) in [7, 11) is 0. The molecule has 5 rings (SSSR count). The fraction of sp³-hybridized carbons (Fsp3) is 0.192. The van der Waals surface area contributed by atoms with E-state index in [9.17, 15) is 4.79 Å². The number of nitriles is 1. The van der Waals surface area contributed by atoms with Crippen LogP contribution in [0, 0.1) is 11.3 Å². The van der Waals surface area contributed by atoms with Crippen LogP contribution in [0.5, 0.6) is 0 Å². The van der Waals surface area contributed by atoms with Gasteiger partial charge in [-0.15, -0.1) is 11.3 Å². The number of para-hydroxylation sites is 1. The van der Waals surface area contributed by atoms with E-state index >= 15 is 0 Å². The Balaban J connectivity index is 1.33. The minimum Gasteiger partial charge on any atom is -0.336 e. The van der Waals surface area contributed by atoms with Gasteiger partial charge in [0.05, 0.1) is 33.3 Å². The Kier molecular flexibility index (Phi) is 5.68. The highest BCUT2D eigenvalue weighted by atomic mass is 32.1. The van der Waals surface area contributed by atoms with Gasteiger partial charge in [0.1, 0.15) is 0 Å². The van der Waals surface area contributed by atoms with Gasteiger partial charge in [0.2, 0.25) is 0 Å². The Bertz CT molecular complexity index is 1280. The quantitative estimate of drug-likeness (QED) is 0.460. The molecule has 0 atom stereocenters. The van der Waals surface area contributed by atoms with E-state index in [4.69, 9.17) is 10.2 Å². The molecule has 1 saturated heterocycles. The maximum atomic E-state index is 13.5. The van der Waals surface area contributed by atoms with Gasteiger partial charge in [-0.1, -0.05) is 36.4 Å². The van der Waals surface area contributed by atoms with Crippen molar-refractivity contribution in [3.05, 3.63) is 88.8 Å². The second kappa shape index (κ2) is 8.91. The van der Waals surface area contributed by atoms with E-state index < -0.39 is 0 Å². The lowest BCUT2D eigenvalue weighted by Crippen LogP contribution is -2.48. The lowest BCUT2D eigenvalue weighted by Gasteiger charge is -2.35. The van der Waals surface area contributed by atoms with Crippen LogP contribution in [0.1, 0.15) is 21.5 Å². The fourth-order valence-electron chi connectivity index (χ4n) is 4.13. The molecule has 0 aliphatic carbocycles. The monoisotopic (exact) mass is 438 g/mol. The molecule has 32 heavy (non-hydrogen) atoms. The first-order valence-corrected chi connectivity index (χ1v) is 11.5.